The van der Waals surface area contributed by atoms with Crippen molar-refractivity contribution in [2.75, 3.05) is 12.3 Å². The van der Waals surface area contributed by atoms with Crippen LogP contribution in [0.25, 0.3) is 5.69 Å². The first kappa shape index (κ1) is 19.6. The summed E-state index contributed by atoms with van der Waals surface area (Å²) in [5, 5.41) is 21.7. The van der Waals surface area contributed by atoms with E-state index >= 15 is 0 Å². The topological polar surface area (TPSA) is 103 Å². The molecule has 0 aliphatic carbocycles. The van der Waals surface area contributed by atoms with Gasteiger partial charge in [0.2, 0.25) is 0 Å². The molecule has 8 nitrogen and oxygen atoms in total. The van der Waals surface area contributed by atoms with E-state index in [1.54, 1.807) is 30.8 Å². The van der Waals surface area contributed by atoms with E-state index in [2.05, 4.69) is 27.8 Å². The van der Waals surface area contributed by atoms with Crippen LogP contribution in [0.4, 0.5) is 5.69 Å². The molecule has 0 saturated carbocycles. The van der Waals surface area contributed by atoms with Crippen molar-refractivity contribution in [3.05, 3.63) is 76.1 Å². The third kappa shape index (κ3) is 4.74. The molecule has 0 atom stereocenters. The van der Waals surface area contributed by atoms with Gasteiger partial charge in [-0.05, 0) is 37.3 Å². The number of amides is 1. The fraction of sp³-hybridized carbons (Fsp3) is 0.211. The number of non-ortho nitro benzene ring substituents is 1. The SMILES string of the molecule is Cc1c(C(=O)NCCCSc2ccccc2)nnn1-c1cccc([N+](=O)[O-])c1. The monoisotopic (exact) mass is 397 g/mol. The van der Waals surface area contributed by atoms with Gasteiger partial charge in [0.15, 0.2) is 5.69 Å². The Kier molecular flexibility index (Phi) is 6.38. The van der Waals surface area contributed by atoms with E-state index in [1.165, 1.54) is 21.7 Å². The first-order valence-corrected chi connectivity index (χ1v) is 9.68. The zero-order valence-corrected chi connectivity index (χ0v) is 16.1. The van der Waals surface area contributed by atoms with E-state index < -0.39 is 4.92 Å². The minimum absolute atomic E-state index is 0.0469. The Morgan fingerprint density at radius 2 is 2.00 bits per heavy atom. The van der Waals surface area contributed by atoms with Crippen LogP contribution in [0.2, 0.25) is 0 Å². The molecular formula is C19H19N5O3S. The van der Waals surface area contributed by atoms with Crippen LogP contribution >= 0.6 is 11.8 Å². The van der Waals surface area contributed by atoms with Gasteiger partial charge in [-0.3, -0.25) is 14.9 Å². The van der Waals surface area contributed by atoms with E-state index in [0.717, 1.165) is 12.2 Å². The number of carbonyl (C=O) groups excluding carboxylic acids is 1. The number of nitrogens with zero attached hydrogens (tertiary/aromatic N) is 4. The Bertz CT molecular complexity index is 975. The summed E-state index contributed by atoms with van der Waals surface area (Å²) >= 11 is 1.74. The minimum atomic E-state index is -0.475. The van der Waals surface area contributed by atoms with Gasteiger partial charge in [0.1, 0.15) is 0 Å². The molecule has 2 aromatic carbocycles. The Morgan fingerprint density at radius 1 is 1.21 bits per heavy atom. The zero-order valence-electron chi connectivity index (χ0n) is 15.2. The number of nitrogens with one attached hydrogen (secondary N) is 1. The van der Waals surface area contributed by atoms with Crippen molar-refractivity contribution in [3.63, 3.8) is 0 Å². The van der Waals surface area contributed by atoms with Crippen molar-refractivity contribution in [1.29, 1.82) is 0 Å². The summed E-state index contributed by atoms with van der Waals surface area (Å²) in [4.78, 5) is 24.0. The third-order valence-electron chi connectivity index (χ3n) is 4.01. The van der Waals surface area contributed by atoms with Gasteiger partial charge in [-0.1, -0.05) is 29.5 Å². The normalized spacial score (nSPS) is 10.6. The molecule has 1 amide bonds. The highest BCUT2D eigenvalue weighted by Crippen LogP contribution is 2.19. The van der Waals surface area contributed by atoms with Gasteiger partial charge in [0.25, 0.3) is 11.6 Å². The number of nitro groups is 1. The summed E-state index contributed by atoms with van der Waals surface area (Å²) in [6, 6.07) is 16.1. The first-order chi connectivity index (χ1) is 13.6. The number of rotatable bonds is 8. The molecule has 0 aliphatic heterocycles. The summed E-state index contributed by atoms with van der Waals surface area (Å²) < 4.78 is 1.42. The maximum atomic E-state index is 12.4. The summed E-state index contributed by atoms with van der Waals surface area (Å²) in [6.07, 6.45) is 0.823. The molecule has 28 heavy (non-hydrogen) atoms. The van der Waals surface area contributed by atoms with Crippen LogP contribution in [0.1, 0.15) is 22.6 Å². The number of hydrogen-bond donors (Lipinski definition) is 1. The maximum absolute atomic E-state index is 12.4. The van der Waals surface area contributed by atoms with Crippen LogP contribution in [-0.2, 0) is 0 Å². The van der Waals surface area contributed by atoms with Gasteiger partial charge >= 0.3 is 0 Å². The van der Waals surface area contributed by atoms with Crippen molar-refractivity contribution >= 4 is 23.4 Å². The number of thioether (sulfide) groups is 1. The second-order valence-corrected chi connectivity index (χ2v) is 7.15. The Morgan fingerprint density at radius 3 is 2.75 bits per heavy atom. The number of benzene rings is 2. The third-order valence-corrected chi connectivity index (χ3v) is 5.11. The van der Waals surface area contributed by atoms with Gasteiger partial charge in [0.05, 0.1) is 16.3 Å². The largest absolute Gasteiger partial charge is 0.351 e. The Hall–Kier alpha value is -3.20. The van der Waals surface area contributed by atoms with Crippen LogP contribution in [0, 0.1) is 17.0 Å². The summed E-state index contributed by atoms with van der Waals surface area (Å²) in [7, 11) is 0. The predicted octanol–water partition coefficient (Wildman–Crippen LogP) is 3.40. The molecule has 3 aromatic rings. The molecular weight excluding hydrogens is 378 g/mol. The second kappa shape index (κ2) is 9.14. The highest BCUT2D eigenvalue weighted by atomic mass is 32.2. The second-order valence-electron chi connectivity index (χ2n) is 5.98. The van der Waals surface area contributed by atoms with Crippen molar-refractivity contribution in [2.45, 2.75) is 18.2 Å². The van der Waals surface area contributed by atoms with E-state index in [-0.39, 0.29) is 17.3 Å². The lowest BCUT2D eigenvalue weighted by Gasteiger charge is -2.05. The summed E-state index contributed by atoms with van der Waals surface area (Å²) in [5.41, 5.74) is 1.17. The molecule has 0 saturated heterocycles. The molecule has 9 heteroatoms. The highest BCUT2D eigenvalue weighted by Gasteiger charge is 2.18. The molecule has 0 unspecified atom stereocenters. The van der Waals surface area contributed by atoms with Crippen molar-refractivity contribution in [3.8, 4) is 5.69 Å². The highest BCUT2D eigenvalue weighted by molar-refractivity contribution is 7.99. The standard InChI is InChI=1S/C19H19N5O3S/c1-14-18(19(25)20-11-6-12-28-17-9-3-2-4-10-17)21-22-23(14)15-7-5-8-16(13-15)24(26)27/h2-5,7-10,13H,6,11-12H2,1H3,(H,20,25). The van der Waals surface area contributed by atoms with Crippen LogP contribution in [0.5, 0.6) is 0 Å². The molecule has 1 aromatic heterocycles. The lowest BCUT2D eigenvalue weighted by molar-refractivity contribution is -0.384. The smallest absolute Gasteiger partial charge is 0.273 e. The molecule has 0 radical (unpaired) electrons. The first-order valence-electron chi connectivity index (χ1n) is 8.69. The van der Waals surface area contributed by atoms with Crippen LogP contribution in [0.15, 0.2) is 59.5 Å². The van der Waals surface area contributed by atoms with Crippen molar-refractivity contribution in [2.24, 2.45) is 0 Å². The fourth-order valence-corrected chi connectivity index (χ4v) is 3.46. The number of nitro benzene ring substituents is 1. The molecule has 0 bridgehead atoms. The lowest BCUT2D eigenvalue weighted by Crippen LogP contribution is -2.26. The summed E-state index contributed by atoms with van der Waals surface area (Å²) in [6.45, 7) is 2.24. The number of aromatic nitrogens is 3. The summed E-state index contributed by atoms with van der Waals surface area (Å²) in [5.74, 6) is 0.586. The lowest BCUT2D eigenvalue weighted by atomic mass is 10.2. The van der Waals surface area contributed by atoms with Crippen LogP contribution < -0.4 is 5.32 Å². The average molecular weight is 397 g/mol. The molecule has 1 heterocycles. The predicted molar refractivity (Wildman–Crippen MR) is 107 cm³/mol. The molecule has 144 valence electrons. The molecule has 1 N–H and O–H groups in total. The van der Waals surface area contributed by atoms with E-state index in [0.29, 0.717) is 17.9 Å². The minimum Gasteiger partial charge on any atom is -0.351 e. The van der Waals surface area contributed by atoms with Gasteiger partial charge in [-0.15, -0.1) is 16.9 Å². The van der Waals surface area contributed by atoms with Crippen molar-refractivity contribution < 1.29 is 9.72 Å². The average Bonchev–Trinajstić information content (AvgIpc) is 3.10. The molecule has 0 fully saturated rings. The Balaban J connectivity index is 1.56. The van der Waals surface area contributed by atoms with Gasteiger partial charge in [-0.2, -0.15) is 0 Å². The molecule has 0 aliphatic rings. The molecule has 3 rings (SSSR count). The van der Waals surface area contributed by atoms with Crippen molar-refractivity contribution in [1.82, 2.24) is 20.3 Å². The van der Waals surface area contributed by atoms with Crippen LogP contribution in [-0.4, -0.2) is 38.1 Å². The zero-order chi connectivity index (χ0) is 19.9. The molecule has 0 spiro atoms. The van der Waals surface area contributed by atoms with Gasteiger partial charge in [-0.25, -0.2) is 4.68 Å². The van der Waals surface area contributed by atoms with E-state index in [4.69, 9.17) is 0 Å². The van der Waals surface area contributed by atoms with Gasteiger partial charge < -0.3 is 5.32 Å². The maximum Gasteiger partial charge on any atom is 0.273 e. The fourth-order valence-electron chi connectivity index (χ4n) is 2.59. The quantitative estimate of drug-likeness (QED) is 0.270. The Labute approximate surface area is 166 Å². The number of carbonyl (C=O) groups is 1. The van der Waals surface area contributed by atoms with Crippen LogP contribution in [0.3, 0.4) is 0 Å². The number of hydrogen-bond acceptors (Lipinski definition) is 6. The van der Waals surface area contributed by atoms with E-state index in [9.17, 15) is 14.9 Å². The van der Waals surface area contributed by atoms with E-state index in [1.807, 2.05) is 18.2 Å². The van der Waals surface area contributed by atoms with Gasteiger partial charge in [0, 0.05) is 23.6 Å².